The molecule has 0 aromatic heterocycles. The fourth-order valence-corrected chi connectivity index (χ4v) is 2.70. The maximum Gasteiger partial charge on any atom is 0.305 e. The van der Waals surface area contributed by atoms with E-state index in [0.717, 1.165) is 29.3 Å². The number of esters is 2. The van der Waals surface area contributed by atoms with Crippen LogP contribution < -0.4 is 0 Å². The molecule has 0 unspecified atom stereocenters. The van der Waals surface area contributed by atoms with E-state index in [-0.39, 0.29) is 24.8 Å². The van der Waals surface area contributed by atoms with Gasteiger partial charge in [-0.05, 0) is 24.5 Å². The van der Waals surface area contributed by atoms with Crippen LogP contribution in [0.1, 0.15) is 57.4 Å². The van der Waals surface area contributed by atoms with Gasteiger partial charge in [0.1, 0.15) is 0 Å². The van der Waals surface area contributed by atoms with Crippen molar-refractivity contribution in [2.45, 2.75) is 58.3 Å². The number of carbonyl (C=O) groups is 2. The van der Waals surface area contributed by atoms with Crippen molar-refractivity contribution in [1.29, 1.82) is 0 Å². The number of ether oxygens (including phenoxy) is 2. The van der Waals surface area contributed by atoms with Crippen LogP contribution in [-0.4, -0.2) is 25.2 Å². The fourth-order valence-electron chi connectivity index (χ4n) is 2.21. The average Bonchev–Trinajstić information content (AvgIpc) is 2.56. The van der Waals surface area contributed by atoms with Crippen LogP contribution in [0.2, 0.25) is 0 Å². The molecule has 0 N–H and O–H groups in total. The number of hydrogen-bond donors (Lipinski definition) is 0. The van der Waals surface area contributed by atoms with Crippen LogP contribution >= 0.6 is 15.9 Å². The highest BCUT2D eigenvalue weighted by molar-refractivity contribution is 9.10. The third-order valence-electron chi connectivity index (χ3n) is 3.62. The molecule has 0 aliphatic carbocycles. The Hall–Kier alpha value is -1.36. The summed E-state index contributed by atoms with van der Waals surface area (Å²) in [5, 5.41) is 0. The minimum atomic E-state index is -0.266. The zero-order valence-corrected chi connectivity index (χ0v) is 16.0. The highest BCUT2D eigenvalue weighted by Gasteiger charge is 2.08. The summed E-state index contributed by atoms with van der Waals surface area (Å²) in [6.45, 7) is 2.97. The van der Waals surface area contributed by atoms with Crippen molar-refractivity contribution in [3.05, 3.63) is 34.3 Å². The van der Waals surface area contributed by atoms with Crippen LogP contribution in [0, 0.1) is 0 Å². The van der Waals surface area contributed by atoms with Crippen LogP contribution in [0.4, 0.5) is 0 Å². The molecule has 0 saturated heterocycles. The van der Waals surface area contributed by atoms with Gasteiger partial charge in [-0.3, -0.25) is 9.59 Å². The van der Waals surface area contributed by atoms with Gasteiger partial charge in [0.05, 0.1) is 13.2 Å². The molecule has 0 radical (unpaired) electrons. The van der Waals surface area contributed by atoms with Crippen LogP contribution in [0.5, 0.6) is 0 Å². The summed E-state index contributed by atoms with van der Waals surface area (Å²) in [6.07, 6.45) is 6.01. The smallest absolute Gasteiger partial charge is 0.305 e. The normalized spacial score (nSPS) is 10.4. The molecule has 24 heavy (non-hydrogen) atoms. The van der Waals surface area contributed by atoms with E-state index in [1.165, 1.54) is 6.42 Å². The van der Waals surface area contributed by atoms with Crippen molar-refractivity contribution in [2.75, 3.05) is 13.2 Å². The third-order valence-corrected chi connectivity index (χ3v) is 4.39. The molecule has 0 atom stereocenters. The summed E-state index contributed by atoms with van der Waals surface area (Å²) in [6, 6.07) is 7.86. The molecule has 1 aromatic rings. The second-order valence-electron chi connectivity index (χ2n) is 5.70. The van der Waals surface area contributed by atoms with Crippen molar-refractivity contribution in [3.63, 3.8) is 0 Å². The molecule has 0 bridgehead atoms. The molecule has 0 spiro atoms. The number of carbonyl (C=O) groups excluding carboxylic acids is 2. The Kier molecular flexibility index (Phi) is 11.2. The van der Waals surface area contributed by atoms with Crippen molar-refractivity contribution in [3.8, 4) is 0 Å². The summed E-state index contributed by atoms with van der Waals surface area (Å²) in [4.78, 5) is 23.2. The molecule has 0 aliphatic heterocycles. The number of halogens is 1. The van der Waals surface area contributed by atoms with Gasteiger partial charge in [0.15, 0.2) is 0 Å². The Balaban J connectivity index is 2.03. The van der Waals surface area contributed by atoms with Gasteiger partial charge in [0.25, 0.3) is 0 Å². The lowest BCUT2D eigenvalue weighted by atomic mass is 10.2. The zero-order chi connectivity index (χ0) is 17.6. The predicted molar refractivity (Wildman–Crippen MR) is 97.8 cm³/mol. The number of hydrogen-bond acceptors (Lipinski definition) is 4. The average molecular weight is 399 g/mol. The molecule has 0 aliphatic rings. The van der Waals surface area contributed by atoms with Crippen molar-refractivity contribution in [2.24, 2.45) is 0 Å². The van der Waals surface area contributed by atoms with Gasteiger partial charge in [-0.2, -0.15) is 0 Å². The Morgan fingerprint density at radius 3 is 2.25 bits per heavy atom. The molecule has 0 fully saturated rings. The topological polar surface area (TPSA) is 52.6 Å². The van der Waals surface area contributed by atoms with E-state index >= 15 is 0 Å². The van der Waals surface area contributed by atoms with Crippen LogP contribution in [0.15, 0.2) is 28.7 Å². The highest BCUT2D eigenvalue weighted by atomic mass is 79.9. The summed E-state index contributed by atoms with van der Waals surface area (Å²) >= 11 is 3.46. The third kappa shape index (κ3) is 9.71. The second kappa shape index (κ2) is 13.0. The van der Waals surface area contributed by atoms with Crippen LogP contribution in [-0.2, 0) is 25.5 Å². The van der Waals surface area contributed by atoms with E-state index < -0.39 is 0 Å². The quantitative estimate of drug-likeness (QED) is 0.373. The molecule has 0 saturated carbocycles. The monoisotopic (exact) mass is 398 g/mol. The second-order valence-corrected chi connectivity index (χ2v) is 6.55. The largest absolute Gasteiger partial charge is 0.466 e. The first kappa shape index (κ1) is 20.7. The summed E-state index contributed by atoms with van der Waals surface area (Å²) in [5.41, 5.74) is 1.11. The lowest BCUT2D eigenvalue weighted by Crippen LogP contribution is -2.10. The summed E-state index contributed by atoms with van der Waals surface area (Å²) in [7, 11) is 0. The van der Waals surface area contributed by atoms with Gasteiger partial charge in [-0.15, -0.1) is 0 Å². The first-order valence-electron chi connectivity index (χ1n) is 8.68. The molecular formula is C19H27BrO4. The minimum absolute atomic E-state index is 0.229. The number of unbranched alkanes of at least 4 members (excludes halogenated alkanes) is 3. The first-order chi connectivity index (χ1) is 11.6. The predicted octanol–water partition coefficient (Wildman–Crippen LogP) is 4.83. The molecule has 134 valence electrons. The number of rotatable bonds is 12. The first-order valence-corrected chi connectivity index (χ1v) is 9.47. The zero-order valence-electron chi connectivity index (χ0n) is 14.4. The van der Waals surface area contributed by atoms with Crippen LogP contribution in [0.3, 0.4) is 0 Å². The van der Waals surface area contributed by atoms with E-state index in [1.54, 1.807) is 0 Å². The molecule has 4 nitrogen and oxygen atoms in total. The van der Waals surface area contributed by atoms with E-state index in [1.807, 2.05) is 24.3 Å². The van der Waals surface area contributed by atoms with Gasteiger partial charge in [-0.1, -0.05) is 60.3 Å². The van der Waals surface area contributed by atoms with Gasteiger partial charge in [-0.25, -0.2) is 0 Å². The molecule has 0 heterocycles. The summed E-state index contributed by atoms with van der Waals surface area (Å²) < 4.78 is 11.3. The molecule has 0 amide bonds. The lowest BCUT2D eigenvalue weighted by Gasteiger charge is -2.07. The summed E-state index contributed by atoms with van der Waals surface area (Å²) in [5.74, 6) is -0.495. The standard InChI is InChI=1S/C19H27BrO4/c1-2-3-4-7-14-23-18(21)11-8-12-19(22)24-15-13-16-9-5-6-10-17(16)20/h5-6,9-10H,2-4,7-8,11-15H2,1H3. The SMILES string of the molecule is CCCCCCOC(=O)CCCC(=O)OCCc1ccccc1Br. The van der Waals surface area contributed by atoms with E-state index in [2.05, 4.69) is 22.9 Å². The van der Waals surface area contributed by atoms with Gasteiger partial charge < -0.3 is 9.47 Å². The lowest BCUT2D eigenvalue weighted by molar-refractivity contribution is -0.145. The Morgan fingerprint density at radius 2 is 1.58 bits per heavy atom. The maximum atomic E-state index is 11.6. The van der Waals surface area contributed by atoms with Gasteiger partial charge >= 0.3 is 11.9 Å². The number of benzene rings is 1. The molecule has 1 aromatic carbocycles. The van der Waals surface area contributed by atoms with Crippen LogP contribution in [0.25, 0.3) is 0 Å². The maximum absolute atomic E-state index is 11.6. The molecular weight excluding hydrogens is 372 g/mol. The van der Waals surface area contributed by atoms with Crippen molar-refractivity contribution in [1.82, 2.24) is 0 Å². The fraction of sp³-hybridized carbons (Fsp3) is 0.579. The minimum Gasteiger partial charge on any atom is -0.466 e. The van der Waals surface area contributed by atoms with E-state index in [9.17, 15) is 9.59 Å². The van der Waals surface area contributed by atoms with E-state index in [0.29, 0.717) is 26.1 Å². The van der Waals surface area contributed by atoms with Crippen molar-refractivity contribution < 1.29 is 19.1 Å². The van der Waals surface area contributed by atoms with Gasteiger partial charge in [0.2, 0.25) is 0 Å². The Bertz CT molecular complexity index is 502. The molecule has 1 rings (SSSR count). The highest BCUT2D eigenvalue weighted by Crippen LogP contribution is 2.16. The Labute approximate surface area is 153 Å². The molecule has 5 heteroatoms. The Morgan fingerprint density at radius 1 is 0.917 bits per heavy atom. The van der Waals surface area contributed by atoms with Crippen molar-refractivity contribution >= 4 is 27.9 Å². The van der Waals surface area contributed by atoms with Gasteiger partial charge in [0, 0.05) is 23.7 Å². The van der Waals surface area contributed by atoms with E-state index in [4.69, 9.17) is 9.47 Å².